The Morgan fingerprint density at radius 1 is 1.44 bits per heavy atom. The molecule has 4 nitrogen and oxygen atoms in total. The predicted octanol–water partition coefficient (Wildman–Crippen LogP) is 0.569. The van der Waals surface area contributed by atoms with Crippen LogP contribution in [0.5, 0.6) is 0 Å². The third-order valence-electron chi connectivity index (χ3n) is 3.29. The molecule has 1 amide bonds. The number of carbonyl (C=O) groups excluding carboxylic acids is 1. The molecule has 94 valence electrons. The van der Waals surface area contributed by atoms with E-state index in [1.54, 1.807) is 0 Å². The topological polar surface area (TPSA) is 58.4 Å². The first kappa shape index (κ1) is 13.5. The van der Waals surface area contributed by atoms with Crippen LogP contribution in [0.4, 0.5) is 0 Å². The number of rotatable bonds is 5. The molecule has 1 unspecified atom stereocenters. The number of nitrogens with two attached hydrogens (primary N) is 1. The monoisotopic (exact) mass is 227 g/mol. The van der Waals surface area contributed by atoms with Crippen LogP contribution in [-0.2, 0) is 4.79 Å². The lowest BCUT2D eigenvalue weighted by Gasteiger charge is -2.37. The molecule has 0 aromatic heterocycles. The van der Waals surface area contributed by atoms with Crippen molar-refractivity contribution in [2.24, 2.45) is 11.7 Å². The smallest absolute Gasteiger partial charge is 0.237 e. The lowest BCUT2D eigenvalue weighted by Crippen LogP contribution is -2.49. The zero-order valence-corrected chi connectivity index (χ0v) is 10.9. The maximum Gasteiger partial charge on any atom is 0.237 e. The minimum absolute atomic E-state index is 0.0563. The van der Waals surface area contributed by atoms with Gasteiger partial charge < -0.3 is 11.1 Å². The second kappa shape index (κ2) is 5.64. The fraction of sp³-hybridized carbons (Fsp3) is 0.917. The molecule has 0 aromatic rings. The van der Waals surface area contributed by atoms with Crippen LogP contribution in [0.15, 0.2) is 0 Å². The molecule has 0 aliphatic heterocycles. The molecular weight excluding hydrogens is 202 g/mol. The van der Waals surface area contributed by atoms with Crippen LogP contribution < -0.4 is 11.1 Å². The number of hydrogen-bond donors (Lipinski definition) is 2. The van der Waals surface area contributed by atoms with Gasteiger partial charge in [-0.3, -0.25) is 9.69 Å². The maximum absolute atomic E-state index is 11.8. The van der Waals surface area contributed by atoms with E-state index in [1.165, 1.54) is 0 Å². The molecule has 3 N–H and O–H groups in total. The molecule has 1 fully saturated rings. The number of hydrogen-bond acceptors (Lipinski definition) is 3. The molecular formula is C12H25N3O. The van der Waals surface area contributed by atoms with Gasteiger partial charge in [-0.1, -0.05) is 0 Å². The van der Waals surface area contributed by atoms with Gasteiger partial charge in [-0.05, 0) is 46.6 Å². The molecule has 0 aromatic carbocycles. The molecule has 0 saturated heterocycles. The first-order valence-corrected chi connectivity index (χ1v) is 6.16. The van der Waals surface area contributed by atoms with E-state index in [4.69, 9.17) is 5.73 Å². The minimum Gasteiger partial charge on any atom is -0.353 e. The number of likely N-dealkylation sites (N-methyl/N-ethyl adjacent to an activating group) is 1. The summed E-state index contributed by atoms with van der Waals surface area (Å²) in [5, 5.41) is 2.94. The van der Waals surface area contributed by atoms with E-state index in [-0.39, 0.29) is 18.0 Å². The van der Waals surface area contributed by atoms with Crippen LogP contribution in [0.2, 0.25) is 0 Å². The van der Waals surface area contributed by atoms with Crippen molar-refractivity contribution in [3.63, 3.8) is 0 Å². The standard InChI is InChI=1S/C12H25N3O/c1-8(2)14-12(16)9(3)15(4)7-10-5-11(13)6-10/h8-11H,5-7,13H2,1-4H3,(H,14,16). The first-order valence-electron chi connectivity index (χ1n) is 6.16. The number of nitrogens with zero attached hydrogens (tertiary/aromatic N) is 1. The van der Waals surface area contributed by atoms with E-state index < -0.39 is 0 Å². The zero-order chi connectivity index (χ0) is 12.3. The average molecular weight is 227 g/mol. The van der Waals surface area contributed by atoms with E-state index >= 15 is 0 Å². The van der Waals surface area contributed by atoms with Crippen molar-refractivity contribution in [1.82, 2.24) is 10.2 Å². The maximum atomic E-state index is 11.8. The molecule has 16 heavy (non-hydrogen) atoms. The third kappa shape index (κ3) is 3.76. The van der Waals surface area contributed by atoms with Crippen LogP contribution in [0.3, 0.4) is 0 Å². The highest BCUT2D eigenvalue weighted by molar-refractivity contribution is 5.81. The highest BCUT2D eigenvalue weighted by Gasteiger charge is 2.29. The van der Waals surface area contributed by atoms with E-state index in [1.807, 2.05) is 27.8 Å². The van der Waals surface area contributed by atoms with Crippen molar-refractivity contribution in [3.8, 4) is 0 Å². The van der Waals surface area contributed by atoms with Crippen molar-refractivity contribution >= 4 is 5.91 Å². The molecule has 1 atom stereocenters. The molecule has 1 aliphatic carbocycles. The van der Waals surface area contributed by atoms with Gasteiger partial charge >= 0.3 is 0 Å². The summed E-state index contributed by atoms with van der Waals surface area (Å²) < 4.78 is 0. The van der Waals surface area contributed by atoms with Crippen LogP contribution in [0.25, 0.3) is 0 Å². The van der Waals surface area contributed by atoms with Crippen molar-refractivity contribution in [3.05, 3.63) is 0 Å². The average Bonchev–Trinajstić information content (AvgIpc) is 2.12. The van der Waals surface area contributed by atoms with Crippen LogP contribution in [-0.4, -0.2) is 42.5 Å². The summed E-state index contributed by atoms with van der Waals surface area (Å²) in [5.41, 5.74) is 5.75. The van der Waals surface area contributed by atoms with Crippen LogP contribution >= 0.6 is 0 Å². The quantitative estimate of drug-likeness (QED) is 0.722. The SMILES string of the molecule is CC(C)NC(=O)C(C)N(C)CC1CC(N)C1. The Morgan fingerprint density at radius 3 is 2.44 bits per heavy atom. The summed E-state index contributed by atoms with van der Waals surface area (Å²) >= 11 is 0. The Hall–Kier alpha value is -0.610. The van der Waals surface area contributed by atoms with Gasteiger partial charge in [0.05, 0.1) is 6.04 Å². The van der Waals surface area contributed by atoms with E-state index in [9.17, 15) is 4.79 Å². The minimum atomic E-state index is -0.0563. The summed E-state index contributed by atoms with van der Waals surface area (Å²) in [4.78, 5) is 13.9. The molecule has 0 bridgehead atoms. The molecule has 1 aliphatic rings. The zero-order valence-electron chi connectivity index (χ0n) is 10.9. The van der Waals surface area contributed by atoms with Gasteiger partial charge in [-0.2, -0.15) is 0 Å². The fourth-order valence-electron chi connectivity index (χ4n) is 2.11. The van der Waals surface area contributed by atoms with Gasteiger partial charge in [0.1, 0.15) is 0 Å². The van der Waals surface area contributed by atoms with E-state index in [0.29, 0.717) is 12.0 Å². The van der Waals surface area contributed by atoms with Gasteiger partial charge in [-0.15, -0.1) is 0 Å². The van der Waals surface area contributed by atoms with Gasteiger partial charge in [0.15, 0.2) is 0 Å². The van der Waals surface area contributed by atoms with Crippen LogP contribution in [0.1, 0.15) is 33.6 Å². The Balaban J connectivity index is 2.29. The number of carbonyl (C=O) groups is 1. The Morgan fingerprint density at radius 2 is 2.00 bits per heavy atom. The molecule has 0 heterocycles. The Kier molecular flexibility index (Phi) is 4.74. The summed E-state index contributed by atoms with van der Waals surface area (Å²) in [6, 6.07) is 0.540. The van der Waals surface area contributed by atoms with Crippen molar-refractivity contribution in [2.45, 2.75) is 51.7 Å². The largest absolute Gasteiger partial charge is 0.353 e. The van der Waals surface area contributed by atoms with E-state index in [0.717, 1.165) is 19.4 Å². The number of nitrogens with one attached hydrogen (secondary N) is 1. The Labute approximate surface area is 98.6 Å². The molecule has 1 saturated carbocycles. The van der Waals surface area contributed by atoms with Gasteiger partial charge in [0, 0.05) is 18.6 Å². The van der Waals surface area contributed by atoms with Gasteiger partial charge in [0.25, 0.3) is 0 Å². The van der Waals surface area contributed by atoms with Crippen molar-refractivity contribution in [2.75, 3.05) is 13.6 Å². The summed E-state index contributed by atoms with van der Waals surface area (Å²) in [5.74, 6) is 0.787. The Bertz CT molecular complexity index is 236. The molecule has 1 rings (SSSR count). The van der Waals surface area contributed by atoms with Gasteiger partial charge in [0.2, 0.25) is 5.91 Å². The normalized spacial score (nSPS) is 26.7. The van der Waals surface area contributed by atoms with Crippen LogP contribution in [0, 0.1) is 5.92 Å². The highest BCUT2D eigenvalue weighted by atomic mass is 16.2. The second-order valence-electron chi connectivity index (χ2n) is 5.38. The molecule has 0 radical (unpaired) electrons. The third-order valence-corrected chi connectivity index (χ3v) is 3.29. The lowest BCUT2D eigenvalue weighted by molar-refractivity contribution is -0.126. The lowest BCUT2D eigenvalue weighted by atomic mass is 9.80. The van der Waals surface area contributed by atoms with E-state index in [2.05, 4.69) is 10.2 Å². The fourth-order valence-corrected chi connectivity index (χ4v) is 2.11. The first-order chi connectivity index (χ1) is 7.40. The summed E-state index contributed by atoms with van der Waals surface area (Å²) in [7, 11) is 2.01. The summed E-state index contributed by atoms with van der Waals surface area (Å²) in [6.45, 7) is 6.89. The number of amides is 1. The molecule has 4 heteroatoms. The van der Waals surface area contributed by atoms with Crippen molar-refractivity contribution in [1.29, 1.82) is 0 Å². The second-order valence-corrected chi connectivity index (χ2v) is 5.38. The summed E-state index contributed by atoms with van der Waals surface area (Å²) in [6.07, 6.45) is 2.20. The van der Waals surface area contributed by atoms with Crippen molar-refractivity contribution < 1.29 is 4.79 Å². The highest BCUT2D eigenvalue weighted by Crippen LogP contribution is 2.26. The predicted molar refractivity (Wildman–Crippen MR) is 66.1 cm³/mol. The van der Waals surface area contributed by atoms with Gasteiger partial charge in [-0.25, -0.2) is 0 Å². The molecule has 0 spiro atoms.